The lowest BCUT2D eigenvalue weighted by molar-refractivity contribution is 0.0950. The zero-order valence-electron chi connectivity index (χ0n) is 17.9. The number of tetrazole rings is 1. The quantitative estimate of drug-likeness (QED) is 0.399. The maximum atomic E-state index is 13.1. The van der Waals surface area contributed by atoms with Gasteiger partial charge in [-0.05, 0) is 54.1 Å². The largest absolute Gasteiger partial charge is 0.388 e. The predicted molar refractivity (Wildman–Crippen MR) is 122 cm³/mol. The van der Waals surface area contributed by atoms with Crippen LogP contribution in [0.1, 0.15) is 32.3 Å². The van der Waals surface area contributed by atoms with Gasteiger partial charge in [0.1, 0.15) is 12.3 Å². The zero-order valence-corrected chi connectivity index (χ0v) is 18.7. The van der Waals surface area contributed by atoms with E-state index in [9.17, 15) is 9.90 Å². The summed E-state index contributed by atoms with van der Waals surface area (Å²) >= 11 is 1.64. The molecule has 11 heteroatoms. The minimum Gasteiger partial charge on any atom is -0.388 e. The number of hydrogen-bond acceptors (Lipinski definition) is 8. The first kappa shape index (κ1) is 20.9. The van der Waals surface area contributed by atoms with E-state index < -0.39 is 0 Å². The Bertz CT molecular complexity index is 1450. The van der Waals surface area contributed by atoms with E-state index >= 15 is 0 Å². The second kappa shape index (κ2) is 8.52. The number of nitrogens with one attached hydrogen (secondary N) is 1. The number of aromatic nitrogens is 7. The monoisotopic (exact) mass is 460 g/mol. The van der Waals surface area contributed by atoms with Crippen LogP contribution in [0.15, 0.2) is 48.9 Å². The fraction of sp³-hybridized carbons (Fsp3) is 0.182. The summed E-state index contributed by atoms with van der Waals surface area (Å²) in [5.41, 5.74) is 4.13. The lowest BCUT2D eigenvalue weighted by Gasteiger charge is -2.11. The van der Waals surface area contributed by atoms with E-state index in [2.05, 4.69) is 30.8 Å². The lowest BCUT2D eigenvalue weighted by atomic mass is 10.2. The molecule has 5 aromatic rings. The summed E-state index contributed by atoms with van der Waals surface area (Å²) < 4.78 is 3.25. The molecule has 0 aliphatic heterocycles. The Morgan fingerprint density at radius 1 is 1.15 bits per heavy atom. The molecule has 0 saturated carbocycles. The Balaban J connectivity index is 1.59. The Kier molecular flexibility index (Phi) is 5.40. The number of rotatable bonds is 6. The van der Waals surface area contributed by atoms with Gasteiger partial charge in [0.2, 0.25) is 0 Å². The van der Waals surface area contributed by atoms with Crippen molar-refractivity contribution in [3.05, 3.63) is 76.4 Å². The number of hydrogen-bond donors (Lipinski definition) is 2. The van der Waals surface area contributed by atoms with Crippen molar-refractivity contribution >= 4 is 22.9 Å². The van der Waals surface area contributed by atoms with E-state index in [-0.39, 0.29) is 18.3 Å². The van der Waals surface area contributed by atoms with Crippen LogP contribution in [0.4, 0.5) is 0 Å². The smallest absolute Gasteiger partial charge is 0.253 e. The number of amides is 1. The van der Waals surface area contributed by atoms with Gasteiger partial charge in [-0.2, -0.15) is 4.68 Å². The molecule has 1 amide bonds. The molecule has 0 aliphatic carbocycles. The molecule has 0 radical (unpaired) electrons. The first-order valence-corrected chi connectivity index (χ1v) is 11.0. The fourth-order valence-corrected chi connectivity index (χ4v) is 4.36. The number of aliphatic hydroxyl groups excluding tert-OH is 1. The highest BCUT2D eigenvalue weighted by Gasteiger charge is 2.19. The fourth-order valence-electron chi connectivity index (χ4n) is 3.48. The molecule has 166 valence electrons. The number of carbonyl (C=O) groups excluding carboxylic acids is 1. The van der Waals surface area contributed by atoms with Gasteiger partial charge in [0, 0.05) is 29.5 Å². The van der Waals surface area contributed by atoms with Gasteiger partial charge in [0.05, 0.1) is 22.3 Å². The lowest BCUT2D eigenvalue weighted by Crippen LogP contribution is -2.23. The van der Waals surface area contributed by atoms with E-state index in [1.165, 1.54) is 9.56 Å². The van der Waals surface area contributed by atoms with Crippen LogP contribution in [0.2, 0.25) is 0 Å². The molecule has 0 aliphatic rings. The van der Waals surface area contributed by atoms with Gasteiger partial charge in [-0.1, -0.05) is 6.07 Å². The number of fused-ring (bicyclic) bond motifs is 1. The van der Waals surface area contributed by atoms with E-state index in [0.717, 1.165) is 21.8 Å². The normalized spacial score (nSPS) is 11.2. The molecule has 0 unspecified atom stereocenters. The minimum absolute atomic E-state index is 0.247. The van der Waals surface area contributed by atoms with Gasteiger partial charge >= 0.3 is 0 Å². The van der Waals surface area contributed by atoms with Crippen LogP contribution in [0.25, 0.3) is 21.9 Å². The van der Waals surface area contributed by atoms with Crippen LogP contribution in [0.5, 0.6) is 0 Å². The van der Waals surface area contributed by atoms with Crippen molar-refractivity contribution in [3.8, 4) is 16.3 Å². The number of pyridine rings is 2. The molecule has 0 aromatic carbocycles. The maximum absolute atomic E-state index is 13.1. The highest BCUT2D eigenvalue weighted by molar-refractivity contribution is 7.15. The first-order valence-electron chi connectivity index (χ1n) is 10.2. The molecule has 33 heavy (non-hydrogen) atoms. The Labute approximate surface area is 192 Å². The topological polar surface area (TPSA) is 123 Å². The van der Waals surface area contributed by atoms with Crippen molar-refractivity contribution in [2.75, 3.05) is 0 Å². The van der Waals surface area contributed by atoms with Crippen molar-refractivity contribution in [2.45, 2.75) is 27.0 Å². The van der Waals surface area contributed by atoms with Crippen molar-refractivity contribution in [1.29, 1.82) is 0 Å². The molecule has 0 atom stereocenters. The Morgan fingerprint density at radius 3 is 2.76 bits per heavy atom. The average Bonchev–Trinajstić information content (AvgIpc) is 3.56. The number of aryl methyl sites for hydroxylation is 2. The van der Waals surface area contributed by atoms with Crippen LogP contribution in [-0.2, 0) is 13.2 Å². The molecule has 0 bridgehead atoms. The highest BCUT2D eigenvalue weighted by Crippen LogP contribution is 2.30. The summed E-state index contributed by atoms with van der Waals surface area (Å²) in [7, 11) is 0. The van der Waals surface area contributed by atoms with Crippen LogP contribution in [0.3, 0.4) is 0 Å². The number of thiophene rings is 1. The molecule has 5 heterocycles. The highest BCUT2D eigenvalue weighted by atomic mass is 32.1. The third kappa shape index (κ3) is 3.99. The predicted octanol–water partition coefficient (Wildman–Crippen LogP) is 2.47. The number of carbonyl (C=O) groups is 1. The van der Waals surface area contributed by atoms with Crippen LogP contribution < -0.4 is 5.32 Å². The van der Waals surface area contributed by atoms with Gasteiger partial charge in [0.25, 0.3) is 5.91 Å². The summed E-state index contributed by atoms with van der Waals surface area (Å²) in [6.07, 6.45) is 5.25. The van der Waals surface area contributed by atoms with Crippen molar-refractivity contribution in [2.24, 2.45) is 0 Å². The van der Waals surface area contributed by atoms with Gasteiger partial charge < -0.3 is 10.4 Å². The van der Waals surface area contributed by atoms with Gasteiger partial charge in [-0.25, -0.2) is 4.98 Å². The number of aliphatic hydroxyl groups is 1. The molecule has 10 nitrogen and oxygen atoms in total. The molecule has 5 rings (SSSR count). The number of imidazole rings is 1. The first-order chi connectivity index (χ1) is 16.0. The van der Waals surface area contributed by atoms with Crippen LogP contribution in [-0.4, -0.2) is 45.6 Å². The Hall–Kier alpha value is -3.96. The standard InChI is InChI=1S/C22H20N8O2S/c1-13-3-5-15(8-23-13)9-25-22(32)16-7-17(30-20(12-31)26-27-28-30)21-24-10-18(29(21)11-16)19-6-4-14(2)33-19/h3-8,10-11,31H,9,12H2,1-2H3,(H,25,32). The summed E-state index contributed by atoms with van der Waals surface area (Å²) in [6.45, 7) is 3.94. The second-order valence-electron chi connectivity index (χ2n) is 7.52. The minimum atomic E-state index is -0.353. The van der Waals surface area contributed by atoms with Crippen LogP contribution >= 0.6 is 11.3 Å². The third-order valence-electron chi connectivity index (χ3n) is 5.17. The van der Waals surface area contributed by atoms with E-state index in [4.69, 9.17) is 0 Å². The van der Waals surface area contributed by atoms with Gasteiger partial charge in [-0.3, -0.25) is 14.2 Å². The van der Waals surface area contributed by atoms with Gasteiger partial charge in [-0.15, -0.1) is 16.4 Å². The molecular formula is C22H20N8O2S. The molecule has 0 fully saturated rings. The molecule has 0 spiro atoms. The van der Waals surface area contributed by atoms with Crippen LogP contribution in [0, 0.1) is 13.8 Å². The Morgan fingerprint density at radius 2 is 2.03 bits per heavy atom. The maximum Gasteiger partial charge on any atom is 0.253 e. The zero-order chi connectivity index (χ0) is 22.9. The van der Waals surface area contributed by atoms with E-state index in [0.29, 0.717) is 23.4 Å². The average molecular weight is 461 g/mol. The molecule has 2 N–H and O–H groups in total. The van der Waals surface area contributed by atoms with Crippen molar-refractivity contribution < 1.29 is 9.90 Å². The van der Waals surface area contributed by atoms with E-state index in [1.54, 1.807) is 36.0 Å². The van der Waals surface area contributed by atoms with Crippen molar-refractivity contribution in [1.82, 2.24) is 39.9 Å². The summed E-state index contributed by atoms with van der Waals surface area (Å²) in [4.78, 5) is 24.1. The SMILES string of the molecule is Cc1ccc(CNC(=O)c2cc(-n3nnnc3CO)c3ncc(-c4ccc(C)s4)n3c2)cn1. The second-order valence-corrected chi connectivity index (χ2v) is 8.80. The molecule has 5 aromatic heterocycles. The van der Waals surface area contributed by atoms with Gasteiger partial charge in [0.15, 0.2) is 11.5 Å². The molecule has 0 saturated heterocycles. The van der Waals surface area contributed by atoms with Crippen molar-refractivity contribution in [3.63, 3.8) is 0 Å². The summed E-state index contributed by atoms with van der Waals surface area (Å²) in [5, 5.41) is 24.1. The summed E-state index contributed by atoms with van der Waals surface area (Å²) in [6, 6.07) is 9.57. The molecular weight excluding hydrogens is 440 g/mol. The summed E-state index contributed by atoms with van der Waals surface area (Å²) in [5.74, 6) is -0.0175. The van der Waals surface area contributed by atoms with E-state index in [1.807, 2.05) is 42.5 Å². The number of nitrogens with zero attached hydrogens (tertiary/aromatic N) is 7. The third-order valence-corrected chi connectivity index (χ3v) is 6.19.